The maximum absolute atomic E-state index is 10.0. The molecular weight excluding hydrogens is 300 g/mol. The Kier molecular flexibility index (Phi) is 7.61. The molecule has 3 nitrogen and oxygen atoms in total. The first-order chi connectivity index (χ1) is 11.8. The monoisotopic (exact) mass is 324 g/mol. The molecule has 0 saturated carbocycles. The molecule has 1 aromatic carbocycles. The predicted octanol–water partition coefficient (Wildman–Crippen LogP) is 4.86. The van der Waals surface area contributed by atoms with Gasteiger partial charge in [-0.05, 0) is 48.6 Å². The van der Waals surface area contributed by atoms with Gasteiger partial charge in [-0.3, -0.25) is 4.79 Å². The summed E-state index contributed by atoms with van der Waals surface area (Å²) in [6.07, 6.45) is 15.7. The van der Waals surface area contributed by atoms with Gasteiger partial charge in [-0.15, -0.1) is 0 Å². The SMILES string of the molecule is C/C=C/CC1=CCC=C(c2ccc(OCCCOC=O)cc2)C=C1. The number of ether oxygens (including phenoxy) is 2. The summed E-state index contributed by atoms with van der Waals surface area (Å²) in [5, 5.41) is 0. The minimum atomic E-state index is 0.391. The Hall–Kier alpha value is -2.55. The second-order valence-electron chi connectivity index (χ2n) is 5.47. The van der Waals surface area contributed by atoms with E-state index in [1.54, 1.807) is 0 Å². The van der Waals surface area contributed by atoms with E-state index in [4.69, 9.17) is 4.74 Å². The fourth-order valence-corrected chi connectivity index (χ4v) is 2.41. The minimum Gasteiger partial charge on any atom is -0.493 e. The smallest absolute Gasteiger partial charge is 0.293 e. The molecule has 24 heavy (non-hydrogen) atoms. The van der Waals surface area contributed by atoms with Crippen LogP contribution in [0.15, 0.2) is 66.3 Å². The lowest BCUT2D eigenvalue weighted by Crippen LogP contribution is -2.02. The molecule has 0 aliphatic heterocycles. The van der Waals surface area contributed by atoms with Gasteiger partial charge in [-0.25, -0.2) is 0 Å². The third kappa shape index (κ3) is 5.92. The van der Waals surface area contributed by atoms with Gasteiger partial charge in [0.2, 0.25) is 0 Å². The Morgan fingerprint density at radius 1 is 1.08 bits per heavy atom. The topological polar surface area (TPSA) is 35.5 Å². The zero-order valence-corrected chi connectivity index (χ0v) is 14.1. The fourth-order valence-electron chi connectivity index (χ4n) is 2.41. The normalized spacial score (nSPS) is 14.0. The molecule has 0 spiro atoms. The lowest BCUT2D eigenvalue weighted by Gasteiger charge is -2.07. The van der Waals surface area contributed by atoms with Crippen molar-refractivity contribution < 1.29 is 14.3 Å². The first-order valence-electron chi connectivity index (χ1n) is 8.30. The third-order valence-electron chi connectivity index (χ3n) is 3.71. The summed E-state index contributed by atoms with van der Waals surface area (Å²) in [6.45, 7) is 3.43. The summed E-state index contributed by atoms with van der Waals surface area (Å²) in [5.74, 6) is 0.829. The van der Waals surface area contributed by atoms with Crippen LogP contribution in [0.1, 0.15) is 31.7 Å². The van der Waals surface area contributed by atoms with Gasteiger partial charge in [0.25, 0.3) is 6.47 Å². The van der Waals surface area contributed by atoms with Crippen LogP contribution in [0.3, 0.4) is 0 Å². The van der Waals surface area contributed by atoms with Crippen molar-refractivity contribution in [1.82, 2.24) is 0 Å². The molecular formula is C21H24O3. The van der Waals surface area contributed by atoms with Crippen LogP contribution in [-0.4, -0.2) is 19.7 Å². The summed E-state index contributed by atoms with van der Waals surface area (Å²) in [6, 6.07) is 8.10. The first-order valence-corrected chi connectivity index (χ1v) is 8.30. The van der Waals surface area contributed by atoms with E-state index < -0.39 is 0 Å². The highest BCUT2D eigenvalue weighted by Gasteiger charge is 2.02. The van der Waals surface area contributed by atoms with Crippen molar-refractivity contribution in [2.75, 3.05) is 13.2 Å². The lowest BCUT2D eigenvalue weighted by atomic mass is 10.0. The van der Waals surface area contributed by atoms with E-state index in [1.165, 1.54) is 16.7 Å². The van der Waals surface area contributed by atoms with E-state index in [0.717, 1.165) is 18.6 Å². The Morgan fingerprint density at radius 2 is 1.92 bits per heavy atom. The molecule has 0 amide bonds. The molecule has 0 saturated heterocycles. The zero-order chi connectivity index (χ0) is 17.0. The van der Waals surface area contributed by atoms with E-state index in [1.807, 2.05) is 19.1 Å². The Morgan fingerprint density at radius 3 is 2.67 bits per heavy atom. The zero-order valence-electron chi connectivity index (χ0n) is 14.1. The maximum Gasteiger partial charge on any atom is 0.293 e. The van der Waals surface area contributed by atoms with Crippen LogP contribution in [0.25, 0.3) is 5.57 Å². The van der Waals surface area contributed by atoms with E-state index in [0.29, 0.717) is 26.1 Å². The van der Waals surface area contributed by atoms with Crippen LogP contribution in [-0.2, 0) is 9.53 Å². The number of carbonyl (C=O) groups is 1. The van der Waals surface area contributed by atoms with Gasteiger partial charge in [0, 0.05) is 6.42 Å². The predicted molar refractivity (Wildman–Crippen MR) is 97.8 cm³/mol. The van der Waals surface area contributed by atoms with E-state index in [2.05, 4.69) is 53.3 Å². The van der Waals surface area contributed by atoms with Crippen molar-refractivity contribution in [3.05, 3.63) is 71.9 Å². The van der Waals surface area contributed by atoms with Crippen molar-refractivity contribution in [3.63, 3.8) is 0 Å². The van der Waals surface area contributed by atoms with Gasteiger partial charge in [0.05, 0.1) is 13.2 Å². The molecule has 2 rings (SSSR count). The largest absolute Gasteiger partial charge is 0.493 e. The van der Waals surface area contributed by atoms with Crippen LogP contribution in [0.2, 0.25) is 0 Å². The van der Waals surface area contributed by atoms with Crippen molar-refractivity contribution in [1.29, 1.82) is 0 Å². The summed E-state index contributed by atoms with van der Waals surface area (Å²) < 4.78 is 10.3. The number of benzene rings is 1. The third-order valence-corrected chi connectivity index (χ3v) is 3.71. The molecule has 0 atom stereocenters. The van der Waals surface area contributed by atoms with Crippen LogP contribution >= 0.6 is 0 Å². The van der Waals surface area contributed by atoms with Crippen LogP contribution in [0.4, 0.5) is 0 Å². The van der Waals surface area contributed by atoms with Crippen LogP contribution in [0, 0.1) is 0 Å². The average Bonchev–Trinajstić information content (AvgIpc) is 2.86. The minimum absolute atomic E-state index is 0.391. The van der Waals surface area contributed by atoms with Gasteiger partial charge in [0.1, 0.15) is 5.75 Å². The standard InChI is InChI=1S/C21H24O3/c1-2-3-6-18-7-4-8-19(10-9-18)20-11-13-21(14-12-20)24-16-5-15-23-17-22/h2-3,7-14,17H,4-6,15-16H2,1H3/b3-2+. The Bertz CT molecular complexity index is 634. The molecule has 126 valence electrons. The number of hydrogen-bond donors (Lipinski definition) is 0. The van der Waals surface area contributed by atoms with Crippen molar-refractivity contribution in [2.45, 2.75) is 26.2 Å². The second-order valence-corrected chi connectivity index (χ2v) is 5.47. The molecule has 0 radical (unpaired) electrons. The molecule has 0 heterocycles. The second kappa shape index (κ2) is 10.3. The summed E-state index contributed by atoms with van der Waals surface area (Å²) in [4.78, 5) is 10.0. The highest BCUT2D eigenvalue weighted by Crippen LogP contribution is 2.24. The number of rotatable bonds is 9. The van der Waals surface area contributed by atoms with Crippen molar-refractivity contribution >= 4 is 12.0 Å². The van der Waals surface area contributed by atoms with Crippen LogP contribution in [0.5, 0.6) is 5.75 Å². The molecule has 0 aromatic heterocycles. The lowest BCUT2D eigenvalue weighted by molar-refractivity contribution is -0.128. The number of carbonyl (C=O) groups excluding carboxylic acids is 1. The molecule has 1 aromatic rings. The summed E-state index contributed by atoms with van der Waals surface area (Å²) >= 11 is 0. The molecule has 3 heteroatoms. The Labute approximate surface area is 144 Å². The molecule has 0 fully saturated rings. The van der Waals surface area contributed by atoms with E-state index in [9.17, 15) is 4.79 Å². The fraction of sp³-hybridized carbons (Fsp3) is 0.286. The molecule has 0 N–H and O–H groups in total. The highest BCUT2D eigenvalue weighted by atomic mass is 16.5. The summed E-state index contributed by atoms with van der Waals surface area (Å²) in [5.41, 5.74) is 3.76. The quantitative estimate of drug-likeness (QED) is 0.369. The molecule has 1 aliphatic rings. The highest BCUT2D eigenvalue weighted by molar-refractivity contribution is 5.75. The van der Waals surface area contributed by atoms with Gasteiger partial charge in [-0.2, -0.15) is 0 Å². The van der Waals surface area contributed by atoms with Gasteiger partial charge in [0.15, 0.2) is 0 Å². The molecule has 1 aliphatic carbocycles. The summed E-state index contributed by atoms with van der Waals surface area (Å²) in [7, 11) is 0. The van der Waals surface area contributed by atoms with Gasteiger partial charge in [-0.1, -0.05) is 48.6 Å². The van der Waals surface area contributed by atoms with E-state index in [-0.39, 0.29) is 0 Å². The number of hydrogen-bond acceptors (Lipinski definition) is 3. The first kappa shape index (κ1) is 17.8. The average molecular weight is 324 g/mol. The van der Waals surface area contributed by atoms with Crippen molar-refractivity contribution in [2.24, 2.45) is 0 Å². The van der Waals surface area contributed by atoms with Gasteiger partial charge >= 0.3 is 0 Å². The molecule has 0 bridgehead atoms. The molecule has 0 unspecified atom stereocenters. The maximum atomic E-state index is 10.0. The van der Waals surface area contributed by atoms with Crippen molar-refractivity contribution in [3.8, 4) is 5.75 Å². The van der Waals surface area contributed by atoms with E-state index >= 15 is 0 Å². The number of allylic oxidation sites excluding steroid dienone is 8. The Balaban J connectivity index is 1.89. The van der Waals surface area contributed by atoms with Gasteiger partial charge < -0.3 is 9.47 Å². The van der Waals surface area contributed by atoms with Crippen LogP contribution < -0.4 is 4.74 Å².